The van der Waals surface area contributed by atoms with Gasteiger partial charge in [-0.1, -0.05) is 17.2 Å². The molecule has 0 atom stereocenters. The lowest BCUT2D eigenvalue weighted by atomic mass is 10.3. The molecule has 0 saturated carbocycles. The van der Waals surface area contributed by atoms with E-state index in [-0.39, 0.29) is 6.54 Å². The van der Waals surface area contributed by atoms with Gasteiger partial charge in [0.1, 0.15) is 5.76 Å². The summed E-state index contributed by atoms with van der Waals surface area (Å²) in [6.45, 7) is 2.22. The minimum Gasteiger partial charge on any atom is -0.361 e. The van der Waals surface area contributed by atoms with Gasteiger partial charge in [0.2, 0.25) is 0 Å². The number of rotatable bonds is 3. The molecule has 1 rings (SSSR count). The average molecular weight is 152 g/mol. The third kappa shape index (κ3) is 1.98. The van der Waals surface area contributed by atoms with Crippen molar-refractivity contribution in [1.82, 2.24) is 5.16 Å². The van der Waals surface area contributed by atoms with Gasteiger partial charge < -0.3 is 4.52 Å². The van der Waals surface area contributed by atoms with Crippen molar-refractivity contribution >= 4 is 0 Å². The summed E-state index contributed by atoms with van der Waals surface area (Å²) >= 11 is 0. The first kappa shape index (κ1) is 7.63. The van der Waals surface area contributed by atoms with Crippen LogP contribution in [0.1, 0.15) is 18.4 Å². The van der Waals surface area contributed by atoms with Crippen LogP contribution in [0.15, 0.2) is 15.7 Å². The van der Waals surface area contributed by atoms with E-state index in [2.05, 4.69) is 15.2 Å². The van der Waals surface area contributed by atoms with Crippen LogP contribution in [0.3, 0.4) is 0 Å². The lowest BCUT2D eigenvalue weighted by molar-refractivity contribution is 0.379. The Bertz CT molecular complexity index is 274. The van der Waals surface area contributed by atoms with E-state index in [9.17, 15) is 0 Å². The van der Waals surface area contributed by atoms with Crippen LogP contribution < -0.4 is 0 Å². The zero-order valence-electron chi connectivity index (χ0n) is 6.19. The molecule has 0 N–H and O–H groups in total. The van der Waals surface area contributed by atoms with E-state index in [1.807, 2.05) is 6.92 Å². The fourth-order valence-electron chi connectivity index (χ4n) is 0.698. The Hall–Kier alpha value is -1.48. The van der Waals surface area contributed by atoms with Crippen molar-refractivity contribution in [3.8, 4) is 0 Å². The number of azide groups is 1. The highest BCUT2D eigenvalue weighted by molar-refractivity contribution is 5.04. The molecule has 0 bridgehead atoms. The highest BCUT2D eigenvalue weighted by Gasteiger charge is 1.99. The summed E-state index contributed by atoms with van der Waals surface area (Å²) in [4.78, 5) is 2.60. The molecule has 11 heavy (non-hydrogen) atoms. The van der Waals surface area contributed by atoms with Gasteiger partial charge in [-0.3, -0.25) is 0 Å². The van der Waals surface area contributed by atoms with E-state index >= 15 is 0 Å². The third-order valence-corrected chi connectivity index (χ3v) is 1.26. The number of aryl methyl sites for hydroxylation is 1. The minimum atomic E-state index is 0.240. The molecular formula is C6H8N4O. The zero-order chi connectivity index (χ0) is 8.10. The van der Waals surface area contributed by atoms with Crippen molar-refractivity contribution in [2.75, 3.05) is 0 Å². The normalized spacial score (nSPS) is 9.18. The van der Waals surface area contributed by atoms with Crippen LogP contribution in [0, 0.1) is 0 Å². The van der Waals surface area contributed by atoms with Gasteiger partial charge in [0.05, 0.1) is 12.2 Å². The summed E-state index contributed by atoms with van der Waals surface area (Å²) in [5.41, 5.74) is 8.87. The standard InChI is InChI=1S/C6H8N4O/c1-2-5-3-6(11-9-5)4-8-10-7/h3H,2,4H2,1H3. The molecule has 0 aromatic carbocycles. The van der Waals surface area contributed by atoms with Crippen LogP contribution in [-0.2, 0) is 13.0 Å². The second-order valence-electron chi connectivity index (χ2n) is 2.03. The number of aromatic nitrogens is 1. The van der Waals surface area contributed by atoms with Crippen LogP contribution in [0.25, 0.3) is 10.4 Å². The largest absolute Gasteiger partial charge is 0.361 e. The van der Waals surface area contributed by atoms with Crippen LogP contribution in [-0.4, -0.2) is 5.16 Å². The van der Waals surface area contributed by atoms with Crippen molar-refractivity contribution in [2.24, 2.45) is 5.11 Å². The summed E-state index contributed by atoms with van der Waals surface area (Å²) in [5.74, 6) is 0.611. The Morgan fingerprint density at radius 1 is 1.82 bits per heavy atom. The van der Waals surface area contributed by atoms with Crippen molar-refractivity contribution in [3.05, 3.63) is 28.0 Å². The molecule has 0 aliphatic rings. The predicted molar refractivity (Wildman–Crippen MR) is 38.7 cm³/mol. The Kier molecular flexibility index (Phi) is 2.52. The molecular weight excluding hydrogens is 144 g/mol. The summed E-state index contributed by atoms with van der Waals surface area (Å²) < 4.78 is 4.84. The number of hydrogen-bond donors (Lipinski definition) is 0. The zero-order valence-corrected chi connectivity index (χ0v) is 6.19. The molecule has 0 unspecified atom stereocenters. The van der Waals surface area contributed by atoms with Gasteiger partial charge in [-0.05, 0) is 12.0 Å². The lowest BCUT2D eigenvalue weighted by Gasteiger charge is -1.78. The van der Waals surface area contributed by atoms with Gasteiger partial charge in [-0.25, -0.2) is 0 Å². The van der Waals surface area contributed by atoms with E-state index in [0.29, 0.717) is 5.76 Å². The summed E-state index contributed by atoms with van der Waals surface area (Å²) in [6, 6.07) is 1.79. The summed E-state index contributed by atoms with van der Waals surface area (Å²) in [5, 5.41) is 7.07. The van der Waals surface area contributed by atoms with Crippen molar-refractivity contribution < 1.29 is 4.52 Å². The number of nitrogens with zero attached hydrogens (tertiary/aromatic N) is 4. The van der Waals surface area contributed by atoms with Crippen LogP contribution in [0.4, 0.5) is 0 Å². The third-order valence-electron chi connectivity index (χ3n) is 1.26. The Morgan fingerprint density at radius 3 is 3.18 bits per heavy atom. The molecule has 0 aliphatic heterocycles. The highest BCUT2D eigenvalue weighted by Crippen LogP contribution is 2.04. The Morgan fingerprint density at radius 2 is 2.64 bits per heavy atom. The first-order valence-electron chi connectivity index (χ1n) is 3.32. The van der Waals surface area contributed by atoms with Gasteiger partial charge in [-0.15, -0.1) is 0 Å². The van der Waals surface area contributed by atoms with Crippen LogP contribution in [0.2, 0.25) is 0 Å². The fourth-order valence-corrected chi connectivity index (χ4v) is 0.698. The lowest BCUT2D eigenvalue weighted by Crippen LogP contribution is -1.74. The minimum absolute atomic E-state index is 0.240. The molecule has 0 aliphatic carbocycles. The van der Waals surface area contributed by atoms with E-state index in [4.69, 9.17) is 10.1 Å². The van der Waals surface area contributed by atoms with Gasteiger partial charge in [-0.2, -0.15) is 0 Å². The van der Waals surface area contributed by atoms with Gasteiger partial charge in [0, 0.05) is 11.0 Å². The smallest absolute Gasteiger partial charge is 0.142 e. The molecule has 0 radical (unpaired) electrons. The quantitative estimate of drug-likeness (QED) is 0.377. The van der Waals surface area contributed by atoms with Gasteiger partial charge in [0.15, 0.2) is 0 Å². The van der Waals surface area contributed by atoms with Gasteiger partial charge in [0.25, 0.3) is 0 Å². The topological polar surface area (TPSA) is 74.8 Å². The molecule has 5 heteroatoms. The molecule has 0 fully saturated rings. The molecule has 1 heterocycles. The molecule has 58 valence electrons. The SMILES string of the molecule is CCc1cc(CN=[N+]=[N-])on1. The summed E-state index contributed by atoms with van der Waals surface area (Å²) in [6.07, 6.45) is 0.833. The van der Waals surface area contributed by atoms with Gasteiger partial charge >= 0.3 is 0 Å². The van der Waals surface area contributed by atoms with Crippen molar-refractivity contribution in [2.45, 2.75) is 19.9 Å². The molecule has 0 amide bonds. The van der Waals surface area contributed by atoms with Crippen LogP contribution >= 0.6 is 0 Å². The van der Waals surface area contributed by atoms with Crippen molar-refractivity contribution in [3.63, 3.8) is 0 Å². The second kappa shape index (κ2) is 3.63. The van der Waals surface area contributed by atoms with Crippen molar-refractivity contribution in [1.29, 1.82) is 0 Å². The molecule has 0 saturated heterocycles. The number of hydrogen-bond acceptors (Lipinski definition) is 3. The molecule has 1 aromatic rings. The predicted octanol–water partition coefficient (Wildman–Crippen LogP) is 2.05. The maximum atomic E-state index is 7.99. The first-order chi connectivity index (χ1) is 5.36. The first-order valence-corrected chi connectivity index (χ1v) is 3.32. The Balaban J connectivity index is 2.64. The Labute approximate surface area is 63.6 Å². The van der Waals surface area contributed by atoms with Crippen LogP contribution in [0.5, 0.6) is 0 Å². The maximum absolute atomic E-state index is 7.99. The highest BCUT2D eigenvalue weighted by atomic mass is 16.5. The average Bonchev–Trinajstić information content (AvgIpc) is 2.48. The van der Waals surface area contributed by atoms with E-state index in [1.54, 1.807) is 6.07 Å². The molecule has 0 spiro atoms. The maximum Gasteiger partial charge on any atom is 0.142 e. The van der Waals surface area contributed by atoms with E-state index in [1.165, 1.54) is 0 Å². The summed E-state index contributed by atoms with van der Waals surface area (Å²) in [7, 11) is 0. The monoisotopic (exact) mass is 152 g/mol. The molecule has 5 nitrogen and oxygen atoms in total. The fraction of sp³-hybridized carbons (Fsp3) is 0.500. The van der Waals surface area contributed by atoms with E-state index < -0.39 is 0 Å². The van der Waals surface area contributed by atoms with E-state index in [0.717, 1.165) is 12.1 Å². The molecule has 1 aromatic heterocycles. The second-order valence-corrected chi connectivity index (χ2v) is 2.03.